The number of nitrogens with one attached hydrogen (secondary N) is 2. The van der Waals surface area contributed by atoms with Crippen molar-refractivity contribution in [2.24, 2.45) is 0 Å². The molecule has 0 bridgehead atoms. The van der Waals surface area contributed by atoms with Crippen molar-refractivity contribution in [1.82, 2.24) is 19.8 Å². The minimum Gasteiger partial charge on any atom is -0.348 e. The summed E-state index contributed by atoms with van der Waals surface area (Å²) in [6.45, 7) is 0.182. The van der Waals surface area contributed by atoms with Crippen molar-refractivity contribution < 1.29 is 17.6 Å². The van der Waals surface area contributed by atoms with Crippen molar-refractivity contribution >= 4 is 15.9 Å². The normalized spacial score (nSPS) is 13.5. The van der Waals surface area contributed by atoms with Gasteiger partial charge in [-0.2, -0.15) is 5.10 Å². The van der Waals surface area contributed by atoms with E-state index in [0.717, 1.165) is 29.7 Å². The summed E-state index contributed by atoms with van der Waals surface area (Å²) in [7, 11) is -3.58. The maximum Gasteiger partial charge on any atom is 0.251 e. The van der Waals surface area contributed by atoms with E-state index in [4.69, 9.17) is 0 Å². The zero-order valence-corrected chi connectivity index (χ0v) is 19.5. The average molecular weight is 491 g/mol. The Hall–Kier alpha value is -3.82. The molecule has 178 valence electrons. The van der Waals surface area contributed by atoms with Crippen LogP contribution in [-0.2, 0) is 16.6 Å². The Balaban J connectivity index is 1.35. The van der Waals surface area contributed by atoms with E-state index in [-0.39, 0.29) is 29.2 Å². The van der Waals surface area contributed by atoms with Crippen molar-refractivity contribution in [2.75, 3.05) is 0 Å². The fraction of sp³-hybridized carbons (Fsp3) is 0.154. The molecule has 35 heavy (non-hydrogen) atoms. The molecule has 1 amide bonds. The first-order valence-electron chi connectivity index (χ1n) is 11.2. The second-order valence-electron chi connectivity index (χ2n) is 8.39. The third-order valence-electron chi connectivity index (χ3n) is 5.69. The second-order valence-corrected chi connectivity index (χ2v) is 10.1. The summed E-state index contributed by atoms with van der Waals surface area (Å²) in [4.78, 5) is 12.9. The number of carbonyl (C=O) groups excluding carboxylic acids is 1. The molecule has 0 unspecified atom stereocenters. The van der Waals surface area contributed by atoms with Crippen molar-refractivity contribution in [1.29, 1.82) is 0 Å². The lowest BCUT2D eigenvalue weighted by molar-refractivity contribution is 0.0951. The van der Waals surface area contributed by atoms with Crippen molar-refractivity contribution in [3.05, 3.63) is 102 Å². The first kappa shape index (κ1) is 22.9. The van der Waals surface area contributed by atoms with Crippen LogP contribution in [0.1, 0.15) is 28.8 Å². The number of para-hydroxylation sites is 1. The van der Waals surface area contributed by atoms with Crippen LogP contribution in [0.2, 0.25) is 0 Å². The molecular formula is C26H23FN4O3S. The van der Waals surface area contributed by atoms with Crippen LogP contribution in [0.5, 0.6) is 0 Å². The van der Waals surface area contributed by atoms with Gasteiger partial charge in [-0.05, 0) is 73.5 Å². The Morgan fingerprint density at radius 1 is 0.971 bits per heavy atom. The highest BCUT2D eigenvalue weighted by Crippen LogP contribution is 2.25. The van der Waals surface area contributed by atoms with Gasteiger partial charge in [0, 0.05) is 35.5 Å². The van der Waals surface area contributed by atoms with Crippen LogP contribution in [-0.4, -0.2) is 30.1 Å². The minimum absolute atomic E-state index is 0.00933. The molecule has 1 heterocycles. The third kappa shape index (κ3) is 5.31. The number of carbonyl (C=O) groups is 1. The molecule has 1 aliphatic rings. The first-order valence-corrected chi connectivity index (χ1v) is 12.7. The Morgan fingerprint density at radius 2 is 1.66 bits per heavy atom. The number of hydrogen-bond donors (Lipinski definition) is 2. The number of benzene rings is 3. The van der Waals surface area contributed by atoms with Crippen LogP contribution in [0.25, 0.3) is 16.9 Å². The molecule has 0 radical (unpaired) electrons. The Kier molecular flexibility index (Phi) is 6.19. The van der Waals surface area contributed by atoms with E-state index in [1.807, 2.05) is 36.5 Å². The molecule has 3 aromatic carbocycles. The van der Waals surface area contributed by atoms with E-state index in [0.29, 0.717) is 11.3 Å². The fourth-order valence-corrected chi connectivity index (χ4v) is 4.96. The lowest BCUT2D eigenvalue weighted by Gasteiger charge is -2.08. The zero-order valence-electron chi connectivity index (χ0n) is 18.7. The highest BCUT2D eigenvalue weighted by molar-refractivity contribution is 7.89. The van der Waals surface area contributed by atoms with Gasteiger partial charge < -0.3 is 5.32 Å². The predicted octanol–water partition coefficient (Wildman–Crippen LogP) is 4.05. The van der Waals surface area contributed by atoms with Crippen molar-refractivity contribution in [3.63, 3.8) is 0 Å². The lowest BCUT2D eigenvalue weighted by atomic mass is 10.1. The molecule has 0 saturated heterocycles. The lowest BCUT2D eigenvalue weighted by Crippen LogP contribution is -2.26. The Morgan fingerprint density at radius 3 is 2.31 bits per heavy atom. The zero-order chi connectivity index (χ0) is 24.4. The average Bonchev–Trinajstić information content (AvgIpc) is 3.57. The van der Waals surface area contributed by atoms with Crippen LogP contribution in [0.4, 0.5) is 4.39 Å². The van der Waals surface area contributed by atoms with E-state index in [1.165, 1.54) is 36.4 Å². The molecule has 1 fully saturated rings. The summed E-state index contributed by atoms with van der Waals surface area (Å²) < 4.78 is 42.5. The van der Waals surface area contributed by atoms with Crippen molar-refractivity contribution in [2.45, 2.75) is 30.3 Å². The SMILES string of the molecule is O=C(NCc1cn(-c2ccccc2)nc1-c1ccc(F)cc1)c1ccc(S(=O)(=O)NC2CC2)cc1. The molecule has 2 N–H and O–H groups in total. The van der Waals surface area contributed by atoms with Gasteiger partial charge in [0.15, 0.2) is 0 Å². The summed E-state index contributed by atoms with van der Waals surface area (Å²) in [5, 5.41) is 7.54. The molecule has 1 aromatic heterocycles. The van der Waals surface area contributed by atoms with Gasteiger partial charge in [-0.25, -0.2) is 22.2 Å². The number of rotatable bonds is 8. The number of amides is 1. The molecule has 0 spiro atoms. The Bertz CT molecular complexity index is 1450. The van der Waals surface area contributed by atoms with E-state index in [1.54, 1.807) is 16.8 Å². The Labute approximate surface area is 202 Å². The monoisotopic (exact) mass is 490 g/mol. The molecule has 1 saturated carbocycles. The first-order chi connectivity index (χ1) is 16.9. The quantitative estimate of drug-likeness (QED) is 0.390. The minimum atomic E-state index is -3.58. The molecule has 0 atom stereocenters. The molecule has 0 aliphatic heterocycles. The van der Waals surface area contributed by atoms with Crippen LogP contribution < -0.4 is 10.0 Å². The molecular weight excluding hydrogens is 467 g/mol. The molecule has 5 rings (SSSR count). The van der Waals surface area contributed by atoms with Crippen LogP contribution in [0.15, 0.2) is 90.0 Å². The van der Waals surface area contributed by atoms with E-state index in [9.17, 15) is 17.6 Å². The summed E-state index contributed by atoms with van der Waals surface area (Å²) in [6, 6.07) is 21.4. The standard InChI is InChI=1S/C26H23FN4O3S/c27-21-10-6-18(7-11-21)25-20(17-31(29-25)23-4-2-1-3-5-23)16-28-26(32)19-8-14-24(15-9-19)35(33,34)30-22-12-13-22/h1-11,14-15,17,22,30H,12-13,16H2,(H,28,32). The molecule has 7 nitrogen and oxygen atoms in total. The number of nitrogens with zero attached hydrogens (tertiary/aromatic N) is 2. The maximum absolute atomic E-state index is 13.5. The summed E-state index contributed by atoms with van der Waals surface area (Å²) in [5.41, 5.74) is 3.30. The third-order valence-corrected chi connectivity index (χ3v) is 7.23. The summed E-state index contributed by atoms with van der Waals surface area (Å²) in [5.74, 6) is -0.689. The van der Waals surface area contributed by atoms with Gasteiger partial charge >= 0.3 is 0 Å². The summed E-state index contributed by atoms with van der Waals surface area (Å²) >= 11 is 0. The van der Waals surface area contributed by atoms with Gasteiger partial charge in [-0.15, -0.1) is 0 Å². The maximum atomic E-state index is 13.5. The fourth-order valence-electron chi connectivity index (χ4n) is 3.65. The van der Waals surface area contributed by atoms with Gasteiger partial charge in [-0.1, -0.05) is 18.2 Å². The van der Waals surface area contributed by atoms with Crippen LogP contribution in [0.3, 0.4) is 0 Å². The largest absolute Gasteiger partial charge is 0.348 e. The number of hydrogen-bond acceptors (Lipinski definition) is 4. The number of aromatic nitrogens is 2. The van der Waals surface area contributed by atoms with Gasteiger partial charge in [0.2, 0.25) is 10.0 Å². The van der Waals surface area contributed by atoms with E-state index in [2.05, 4.69) is 15.1 Å². The molecule has 4 aromatic rings. The predicted molar refractivity (Wildman–Crippen MR) is 130 cm³/mol. The molecule has 9 heteroatoms. The summed E-state index contributed by atoms with van der Waals surface area (Å²) in [6.07, 6.45) is 3.52. The second kappa shape index (κ2) is 9.44. The number of halogens is 1. The van der Waals surface area contributed by atoms with E-state index < -0.39 is 10.0 Å². The highest BCUT2D eigenvalue weighted by Gasteiger charge is 2.28. The van der Waals surface area contributed by atoms with Gasteiger partial charge in [0.05, 0.1) is 16.3 Å². The molecule has 1 aliphatic carbocycles. The van der Waals surface area contributed by atoms with Crippen LogP contribution in [0, 0.1) is 5.82 Å². The smallest absolute Gasteiger partial charge is 0.251 e. The number of sulfonamides is 1. The van der Waals surface area contributed by atoms with Gasteiger partial charge in [0.25, 0.3) is 5.91 Å². The topological polar surface area (TPSA) is 93.1 Å². The highest BCUT2D eigenvalue weighted by atomic mass is 32.2. The van der Waals surface area contributed by atoms with Gasteiger partial charge in [-0.3, -0.25) is 4.79 Å². The van der Waals surface area contributed by atoms with Gasteiger partial charge in [0.1, 0.15) is 5.82 Å². The van der Waals surface area contributed by atoms with Crippen molar-refractivity contribution in [3.8, 4) is 16.9 Å². The van der Waals surface area contributed by atoms with Crippen LogP contribution >= 0.6 is 0 Å². The van der Waals surface area contributed by atoms with E-state index >= 15 is 0 Å².